The highest BCUT2D eigenvalue weighted by molar-refractivity contribution is 6.02. The summed E-state index contributed by atoms with van der Waals surface area (Å²) in [6.45, 7) is 1.18. The Morgan fingerprint density at radius 3 is 2.65 bits per heavy atom. The standard InChI is InChI=1S/C15H14N2O3/c18-14(17-9-10-20-15(17)19)13-7-4-8-16(13)11-12-5-2-1-3-6-12/h1-8H,9-11H2. The van der Waals surface area contributed by atoms with Crippen LogP contribution in [0.5, 0.6) is 0 Å². The number of carbonyl (C=O) groups excluding carboxylic acids is 2. The first kappa shape index (κ1) is 12.5. The van der Waals surface area contributed by atoms with E-state index in [2.05, 4.69) is 0 Å². The summed E-state index contributed by atoms with van der Waals surface area (Å²) < 4.78 is 6.64. The lowest BCUT2D eigenvalue weighted by Crippen LogP contribution is -2.33. The van der Waals surface area contributed by atoms with Gasteiger partial charge in [-0.25, -0.2) is 9.69 Å². The lowest BCUT2D eigenvalue weighted by molar-refractivity contribution is 0.0800. The summed E-state index contributed by atoms with van der Waals surface area (Å²) in [4.78, 5) is 24.9. The lowest BCUT2D eigenvalue weighted by Gasteiger charge is -2.13. The zero-order chi connectivity index (χ0) is 13.9. The summed E-state index contributed by atoms with van der Waals surface area (Å²) >= 11 is 0. The molecule has 1 aromatic carbocycles. The van der Waals surface area contributed by atoms with E-state index in [0.717, 1.165) is 10.5 Å². The van der Waals surface area contributed by atoms with E-state index in [0.29, 0.717) is 18.8 Å². The molecule has 0 N–H and O–H groups in total. The van der Waals surface area contributed by atoms with E-state index >= 15 is 0 Å². The first-order valence-electron chi connectivity index (χ1n) is 6.43. The second-order valence-electron chi connectivity index (χ2n) is 4.58. The van der Waals surface area contributed by atoms with Crippen molar-refractivity contribution < 1.29 is 14.3 Å². The minimum atomic E-state index is -0.567. The van der Waals surface area contributed by atoms with Crippen molar-refractivity contribution in [2.24, 2.45) is 0 Å². The topological polar surface area (TPSA) is 51.5 Å². The number of cyclic esters (lactones) is 1. The van der Waals surface area contributed by atoms with Crippen molar-refractivity contribution in [3.8, 4) is 0 Å². The predicted octanol–water partition coefficient (Wildman–Crippen LogP) is 2.13. The van der Waals surface area contributed by atoms with Gasteiger partial charge in [0.05, 0.1) is 6.54 Å². The molecular formula is C15H14N2O3. The maximum absolute atomic E-state index is 12.3. The van der Waals surface area contributed by atoms with Crippen LogP contribution < -0.4 is 0 Å². The second-order valence-corrected chi connectivity index (χ2v) is 4.58. The second kappa shape index (κ2) is 5.21. The number of rotatable bonds is 3. The van der Waals surface area contributed by atoms with Crippen LogP contribution in [-0.4, -0.2) is 34.6 Å². The Morgan fingerprint density at radius 1 is 1.15 bits per heavy atom. The van der Waals surface area contributed by atoms with Crippen LogP contribution in [0.15, 0.2) is 48.7 Å². The Labute approximate surface area is 116 Å². The highest BCUT2D eigenvalue weighted by Crippen LogP contribution is 2.13. The van der Waals surface area contributed by atoms with E-state index in [1.165, 1.54) is 0 Å². The van der Waals surface area contributed by atoms with Gasteiger partial charge in [0.25, 0.3) is 5.91 Å². The van der Waals surface area contributed by atoms with E-state index in [1.807, 2.05) is 41.1 Å². The largest absolute Gasteiger partial charge is 0.447 e. The Morgan fingerprint density at radius 2 is 1.95 bits per heavy atom. The number of aromatic nitrogens is 1. The van der Waals surface area contributed by atoms with Crippen LogP contribution in [0, 0.1) is 0 Å². The van der Waals surface area contributed by atoms with E-state index in [9.17, 15) is 9.59 Å². The van der Waals surface area contributed by atoms with E-state index in [1.54, 1.807) is 12.1 Å². The van der Waals surface area contributed by atoms with Gasteiger partial charge in [-0.3, -0.25) is 4.79 Å². The monoisotopic (exact) mass is 270 g/mol. The highest BCUT2D eigenvalue weighted by atomic mass is 16.6. The van der Waals surface area contributed by atoms with Crippen molar-refractivity contribution in [2.45, 2.75) is 6.54 Å². The maximum Gasteiger partial charge on any atom is 0.417 e. The molecule has 1 saturated heterocycles. The third-order valence-corrected chi connectivity index (χ3v) is 3.25. The van der Waals surface area contributed by atoms with Gasteiger partial charge >= 0.3 is 6.09 Å². The number of carbonyl (C=O) groups is 2. The molecular weight excluding hydrogens is 256 g/mol. The van der Waals surface area contributed by atoms with Crippen molar-refractivity contribution in [3.63, 3.8) is 0 Å². The number of hydrogen-bond acceptors (Lipinski definition) is 3. The van der Waals surface area contributed by atoms with Gasteiger partial charge in [-0.1, -0.05) is 30.3 Å². The van der Waals surface area contributed by atoms with Gasteiger partial charge in [-0.2, -0.15) is 0 Å². The lowest BCUT2D eigenvalue weighted by atomic mass is 10.2. The predicted molar refractivity (Wildman–Crippen MR) is 72.4 cm³/mol. The average molecular weight is 270 g/mol. The molecule has 5 heteroatoms. The Kier molecular flexibility index (Phi) is 3.25. The van der Waals surface area contributed by atoms with Gasteiger partial charge in [-0.05, 0) is 17.7 Å². The molecule has 2 heterocycles. The van der Waals surface area contributed by atoms with Crippen molar-refractivity contribution >= 4 is 12.0 Å². The summed E-state index contributed by atoms with van der Waals surface area (Å²) in [5.41, 5.74) is 1.59. The quantitative estimate of drug-likeness (QED) is 0.858. The fraction of sp³-hybridized carbons (Fsp3) is 0.200. The minimum absolute atomic E-state index is 0.268. The summed E-state index contributed by atoms with van der Waals surface area (Å²) in [5, 5.41) is 0. The van der Waals surface area contributed by atoms with Crippen LogP contribution in [0.2, 0.25) is 0 Å². The van der Waals surface area contributed by atoms with Crippen molar-refractivity contribution in [1.29, 1.82) is 0 Å². The molecule has 0 spiro atoms. The van der Waals surface area contributed by atoms with Crippen molar-refractivity contribution in [1.82, 2.24) is 9.47 Å². The molecule has 0 atom stereocenters. The first-order valence-corrected chi connectivity index (χ1v) is 6.43. The minimum Gasteiger partial charge on any atom is -0.447 e. The number of amides is 2. The van der Waals surface area contributed by atoms with Crippen LogP contribution in [0.1, 0.15) is 16.1 Å². The van der Waals surface area contributed by atoms with Gasteiger partial charge in [-0.15, -0.1) is 0 Å². The van der Waals surface area contributed by atoms with Crippen molar-refractivity contribution in [2.75, 3.05) is 13.2 Å². The molecule has 0 unspecified atom stereocenters. The fourth-order valence-electron chi connectivity index (χ4n) is 2.24. The van der Waals surface area contributed by atoms with Crippen LogP contribution in [0.3, 0.4) is 0 Å². The Bertz CT molecular complexity index is 634. The summed E-state index contributed by atoms with van der Waals surface area (Å²) in [5.74, 6) is -0.312. The molecule has 2 aromatic rings. The Balaban J connectivity index is 1.83. The smallest absolute Gasteiger partial charge is 0.417 e. The zero-order valence-corrected chi connectivity index (χ0v) is 10.9. The third kappa shape index (κ3) is 2.30. The van der Waals surface area contributed by atoms with Crippen LogP contribution in [0.4, 0.5) is 4.79 Å². The fourth-order valence-corrected chi connectivity index (χ4v) is 2.24. The normalized spacial score (nSPS) is 14.4. The van der Waals surface area contributed by atoms with Gasteiger partial charge in [0.15, 0.2) is 0 Å². The molecule has 3 rings (SSSR count). The first-order chi connectivity index (χ1) is 9.75. The SMILES string of the molecule is O=C1OCCN1C(=O)c1cccn1Cc1ccccc1. The summed E-state index contributed by atoms with van der Waals surface area (Å²) in [6.07, 6.45) is 1.27. The van der Waals surface area contributed by atoms with E-state index < -0.39 is 6.09 Å². The summed E-state index contributed by atoms with van der Waals surface area (Å²) in [6, 6.07) is 13.4. The number of imide groups is 1. The molecule has 1 fully saturated rings. The number of hydrogen-bond donors (Lipinski definition) is 0. The molecule has 0 bridgehead atoms. The molecule has 0 radical (unpaired) electrons. The molecule has 1 aliphatic heterocycles. The molecule has 20 heavy (non-hydrogen) atoms. The van der Waals surface area contributed by atoms with Gasteiger partial charge < -0.3 is 9.30 Å². The number of nitrogens with zero attached hydrogens (tertiary/aromatic N) is 2. The molecule has 1 aliphatic rings. The third-order valence-electron chi connectivity index (χ3n) is 3.25. The average Bonchev–Trinajstić information content (AvgIpc) is 3.08. The number of benzene rings is 1. The van der Waals surface area contributed by atoms with Gasteiger partial charge in [0.1, 0.15) is 12.3 Å². The summed E-state index contributed by atoms with van der Waals surface area (Å²) in [7, 11) is 0. The van der Waals surface area contributed by atoms with Gasteiger partial charge in [0, 0.05) is 12.7 Å². The molecule has 0 saturated carbocycles. The highest BCUT2D eigenvalue weighted by Gasteiger charge is 2.30. The van der Waals surface area contributed by atoms with Crippen LogP contribution in [0.25, 0.3) is 0 Å². The molecule has 0 aliphatic carbocycles. The molecule has 2 amide bonds. The molecule has 1 aromatic heterocycles. The maximum atomic E-state index is 12.3. The van der Waals surface area contributed by atoms with E-state index in [4.69, 9.17) is 4.74 Å². The molecule has 5 nitrogen and oxygen atoms in total. The van der Waals surface area contributed by atoms with Crippen molar-refractivity contribution in [3.05, 3.63) is 59.9 Å². The Hall–Kier alpha value is -2.56. The van der Waals surface area contributed by atoms with Crippen LogP contribution in [-0.2, 0) is 11.3 Å². The van der Waals surface area contributed by atoms with Crippen LogP contribution >= 0.6 is 0 Å². The number of ether oxygens (including phenoxy) is 1. The molecule has 102 valence electrons. The van der Waals surface area contributed by atoms with Gasteiger partial charge in [0.2, 0.25) is 0 Å². The van der Waals surface area contributed by atoms with E-state index in [-0.39, 0.29) is 12.5 Å². The zero-order valence-electron chi connectivity index (χ0n) is 10.9.